The monoisotopic (exact) mass is 1010 g/mol. The van der Waals surface area contributed by atoms with Crippen LogP contribution in [-0.4, -0.2) is 22.6 Å². The normalized spacial score (nSPS) is 11.7. The molecule has 0 saturated heterocycles. The summed E-state index contributed by atoms with van der Waals surface area (Å²) in [5.74, 6) is 1.58. The van der Waals surface area contributed by atoms with Gasteiger partial charge in [-0.2, -0.15) is 0 Å². The van der Waals surface area contributed by atoms with Gasteiger partial charge in [0.25, 0.3) is 0 Å². The molecule has 0 aliphatic heterocycles. The van der Waals surface area contributed by atoms with Gasteiger partial charge in [-0.05, 0) is 80.7 Å². The van der Waals surface area contributed by atoms with Gasteiger partial charge in [0.15, 0.2) is 0 Å². The first-order valence-corrected chi connectivity index (χ1v) is 25.3. The minimum absolute atomic E-state index is 0. The number of para-hydroxylation sites is 2. The van der Waals surface area contributed by atoms with Crippen LogP contribution in [0.25, 0.3) is 71.7 Å². The molecule has 9 aromatic rings. The molecule has 3 aromatic heterocycles. The summed E-state index contributed by atoms with van der Waals surface area (Å²) in [5, 5.41) is 6.26. The average molecular weight is 1010 g/mol. The second-order valence-corrected chi connectivity index (χ2v) is 24.0. The van der Waals surface area contributed by atoms with Crippen LogP contribution in [0, 0.1) is 17.4 Å². The van der Waals surface area contributed by atoms with E-state index in [9.17, 15) is 0 Å². The summed E-state index contributed by atoms with van der Waals surface area (Å²) in [6, 6.07) is 57.0. The molecule has 0 atom stereocenters. The maximum atomic E-state index is 5.14. The van der Waals surface area contributed by atoms with Crippen molar-refractivity contribution in [3.63, 3.8) is 0 Å². The van der Waals surface area contributed by atoms with Gasteiger partial charge in [0.05, 0.1) is 24.9 Å². The third-order valence-electron chi connectivity index (χ3n) is 11.0. The largest absolute Gasteiger partial charge is 0.333 e. The molecule has 0 N–H and O–H groups in total. The molecule has 0 amide bonds. The van der Waals surface area contributed by atoms with E-state index in [0.29, 0.717) is 5.92 Å². The minimum atomic E-state index is -1.34. The molecule has 6 heteroatoms. The summed E-state index contributed by atoms with van der Waals surface area (Å²) in [7, 11) is -1.34. The van der Waals surface area contributed by atoms with Gasteiger partial charge in [-0.3, -0.25) is 16.3 Å². The van der Waals surface area contributed by atoms with Crippen molar-refractivity contribution in [3.8, 4) is 50.6 Å². The van der Waals surface area contributed by atoms with Gasteiger partial charge in [-0.25, -0.2) is 0 Å². The molecule has 3 heterocycles. The Morgan fingerprint density at radius 2 is 1.34 bits per heavy atom. The summed E-state index contributed by atoms with van der Waals surface area (Å²) in [6.07, 6.45) is 3.24. The van der Waals surface area contributed by atoms with E-state index in [0.717, 1.165) is 45.8 Å². The Morgan fingerprint density at radius 3 is 2.00 bits per heavy atom. The molecule has 0 spiro atoms. The van der Waals surface area contributed by atoms with E-state index >= 15 is 0 Å². The Kier molecular flexibility index (Phi) is 13.2. The number of rotatable bonds is 8. The smallest absolute Gasteiger partial charge is 0.0798 e. The topological polar surface area (TPSA) is 30.7 Å². The number of nitrogens with zero attached hydrogens (tertiary/aromatic N) is 3. The van der Waals surface area contributed by atoms with E-state index in [1.54, 1.807) is 11.3 Å². The quantitative estimate of drug-likeness (QED) is 0.112. The third kappa shape index (κ3) is 9.80. The van der Waals surface area contributed by atoms with Gasteiger partial charge in [0.2, 0.25) is 0 Å². The number of hydrogen-bond donors (Lipinski definition) is 0. The number of fused-ring (bicyclic) bond motifs is 2. The van der Waals surface area contributed by atoms with E-state index in [4.69, 9.17) is 4.98 Å². The summed E-state index contributed by atoms with van der Waals surface area (Å²) >= 11 is 1.65. The van der Waals surface area contributed by atoms with Crippen LogP contribution in [0.4, 0.5) is 0 Å². The van der Waals surface area contributed by atoms with E-state index in [1.807, 2.05) is 18.2 Å². The summed E-state index contributed by atoms with van der Waals surface area (Å²) < 4.78 is 3.48. The Bertz CT molecular complexity index is 2860. The Hall–Kier alpha value is -5.23. The first-order valence-electron chi connectivity index (χ1n) is 21.0. The van der Waals surface area contributed by atoms with Gasteiger partial charge < -0.3 is 9.55 Å². The summed E-state index contributed by atoms with van der Waals surface area (Å²) in [5.41, 5.74) is 14.1. The molecule has 61 heavy (non-hydrogen) atoms. The molecule has 9 rings (SSSR count). The van der Waals surface area contributed by atoms with Gasteiger partial charge in [-0.1, -0.05) is 179 Å². The maximum Gasteiger partial charge on any atom is 0.0798 e. The van der Waals surface area contributed by atoms with Crippen molar-refractivity contribution in [2.45, 2.75) is 66.1 Å². The molecule has 0 unspecified atom stereocenters. The van der Waals surface area contributed by atoms with Gasteiger partial charge in [0.1, 0.15) is 0 Å². The average Bonchev–Trinajstić information content (AvgIpc) is 3.85. The molecule has 0 fully saturated rings. The Balaban J connectivity index is 0.000000226. The van der Waals surface area contributed by atoms with Crippen LogP contribution < -0.4 is 5.19 Å². The predicted octanol–water partition coefficient (Wildman–Crippen LogP) is 14.6. The molecular formula is C55H53IrN3SSi-2. The van der Waals surface area contributed by atoms with Crippen LogP contribution in [0.15, 0.2) is 158 Å². The van der Waals surface area contributed by atoms with E-state index < -0.39 is 8.07 Å². The molecule has 0 aliphatic carbocycles. The number of pyridine rings is 1. The standard InChI is InChI=1S/C37H29N2S.C18H24NSi.Ir/c1-37(2,3)29-18-13-26(14-19-29)27-15-20-30(21-16-27)39-34-12-8-7-11-33(34)38-36(39)32-24-40-35-22-17-28(23-31(32)35)25-9-5-4-6-10-25;1-14(2)11-16-12-17(15-9-7-6-8-10-15)19-13-18(16)20(3,4)5;/h4-23H,1-3H3;6-9,12-14H,11H2,1-5H3;/q2*-1;. The van der Waals surface area contributed by atoms with Crippen LogP contribution in [0.2, 0.25) is 19.6 Å². The van der Waals surface area contributed by atoms with Crippen LogP contribution in [0.3, 0.4) is 0 Å². The van der Waals surface area contributed by atoms with Gasteiger partial charge in [-0.15, -0.1) is 41.3 Å². The van der Waals surface area contributed by atoms with Gasteiger partial charge in [0, 0.05) is 32.0 Å². The Morgan fingerprint density at radius 1 is 0.705 bits per heavy atom. The molecule has 6 aromatic carbocycles. The fourth-order valence-corrected chi connectivity index (χ4v) is 10.3. The molecule has 1 radical (unpaired) electrons. The fraction of sp³-hybridized carbons (Fsp3) is 0.200. The van der Waals surface area contributed by atoms with Crippen molar-refractivity contribution in [3.05, 3.63) is 180 Å². The number of thiophene rings is 1. The first kappa shape index (κ1) is 43.8. The molecule has 0 aliphatic rings. The number of hydrogen-bond acceptors (Lipinski definition) is 3. The zero-order valence-electron chi connectivity index (χ0n) is 36.4. The molecular weight excluding hydrogens is 955 g/mol. The van der Waals surface area contributed by atoms with Crippen molar-refractivity contribution < 1.29 is 20.1 Å². The molecule has 309 valence electrons. The molecule has 3 nitrogen and oxygen atoms in total. The minimum Gasteiger partial charge on any atom is -0.333 e. The first-order chi connectivity index (χ1) is 28.8. The number of benzene rings is 6. The summed E-state index contributed by atoms with van der Waals surface area (Å²) in [6.45, 7) is 18.5. The predicted molar refractivity (Wildman–Crippen MR) is 260 cm³/mol. The zero-order chi connectivity index (χ0) is 42.0. The van der Waals surface area contributed by atoms with Crippen molar-refractivity contribution in [1.29, 1.82) is 0 Å². The molecule has 0 bridgehead atoms. The van der Waals surface area contributed by atoms with Crippen molar-refractivity contribution in [2.24, 2.45) is 5.92 Å². The van der Waals surface area contributed by atoms with E-state index in [1.165, 1.54) is 48.7 Å². The second-order valence-electron chi connectivity index (χ2n) is 18.1. The van der Waals surface area contributed by atoms with Crippen molar-refractivity contribution >= 4 is 45.7 Å². The zero-order valence-corrected chi connectivity index (χ0v) is 40.6. The third-order valence-corrected chi connectivity index (χ3v) is 14.0. The van der Waals surface area contributed by atoms with Crippen LogP contribution in [0.1, 0.15) is 45.7 Å². The van der Waals surface area contributed by atoms with Gasteiger partial charge >= 0.3 is 0 Å². The van der Waals surface area contributed by atoms with E-state index in [-0.39, 0.29) is 25.5 Å². The Labute approximate surface area is 381 Å². The fourth-order valence-electron chi connectivity index (χ4n) is 7.85. The van der Waals surface area contributed by atoms with E-state index in [2.05, 4.69) is 215 Å². The second kappa shape index (κ2) is 18.4. The SMILES string of the molecule is CC(C)(C)c1ccc(-c2ccc(-n3c(-c4[c-]sc5ccc(-c6ccccc6)cc45)nc4ccccc43)cc2)cc1.CC(C)Cc1cc(-c2[c-]cccc2)ncc1[Si](C)(C)C.[Ir]. The van der Waals surface area contributed by atoms with Crippen molar-refractivity contribution in [1.82, 2.24) is 14.5 Å². The molecule has 0 saturated carbocycles. The maximum absolute atomic E-state index is 5.14. The van der Waals surface area contributed by atoms with Crippen LogP contribution in [0.5, 0.6) is 0 Å². The number of aromatic nitrogens is 3. The summed E-state index contributed by atoms with van der Waals surface area (Å²) in [4.78, 5) is 9.82. The van der Waals surface area contributed by atoms with Crippen molar-refractivity contribution in [2.75, 3.05) is 0 Å². The van der Waals surface area contributed by atoms with Crippen LogP contribution >= 0.6 is 11.3 Å². The van der Waals surface area contributed by atoms with Crippen LogP contribution in [-0.2, 0) is 31.9 Å². The number of imidazole rings is 1.